The van der Waals surface area contributed by atoms with Gasteiger partial charge in [-0.1, -0.05) is 23.7 Å². The van der Waals surface area contributed by atoms with Gasteiger partial charge < -0.3 is 9.84 Å². The molecule has 0 fully saturated rings. The molecule has 110 valence electrons. The van der Waals surface area contributed by atoms with Crippen molar-refractivity contribution in [3.8, 4) is 5.75 Å². The summed E-state index contributed by atoms with van der Waals surface area (Å²) in [4.78, 5) is 0. The number of benzene rings is 2. The van der Waals surface area contributed by atoms with Crippen LogP contribution >= 0.6 is 11.6 Å². The van der Waals surface area contributed by atoms with Gasteiger partial charge in [0.25, 0.3) is 0 Å². The van der Waals surface area contributed by atoms with E-state index in [2.05, 4.69) is 0 Å². The van der Waals surface area contributed by atoms with Crippen molar-refractivity contribution in [2.75, 3.05) is 0 Å². The SMILES string of the molecule is OC1CCCc2cc(OCc3ccc(Cl)c(F)c3)ccc21. The predicted octanol–water partition coefficient (Wildman–Crippen LogP) is 4.43. The van der Waals surface area contributed by atoms with E-state index in [0.29, 0.717) is 0 Å². The molecule has 0 amide bonds. The first-order valence-electron chi connectivity index (χ1n) is 7.01. The summed E-state index contributed by atoms with van der Waals surface area (Å²) in [5, 5.41) is 10.0. The van der Waals surface area contributed by atoms with Gasteiger partial charge in [0.1, 0.15) is 18.2 Å². The number of fused-ring (bicyclic) bond motifs is 1. The number of hydrogen-bond acceptors (Lipinski definition) is 2. The number of halogens is 2. The summed E-state index contributed by atoms with van der Waals surface area (Å²) in [7, 11) is 0. The number of ether oxygens (including phenoxy) is 1. The zero-order valence-electron chi connectivity index (χ0n) is 11.5. The van der Waals surface area contributed by atoms with E-state index in [9.17, 15) is 9.50 Å². The summed E-state index contributed by atoms with van der Waals surface area (Å²) in [6, 6.07) is 10.4. The van der Waals surface area contributed by atoms with Crippen LogP contribution in [0, 0.1) is 5.82 Å². The Morgan fingerprint density at radius 1 is 1.24 bits per heavy atom. The molecule has 0 aromatic heterocycles. The first-order valence-corrected chi connectivity index (χ1v) is 7.39. The average molecular weight is 307 g/mol. The largest absolute Gasteiger partial charge is 0.489 e. The van der Waals surface area contributed by atoms with Gasteiger partial charge in [0.2, 0.25) is 0 Å². The van der Waals surface area contributed by atoms with Crippen LogP contribution in [0.1, 0.15) is 35.6 Å². The predicted molar refractivity (Wildman–Crippen MR) is 80.1 cm³/mol. The molecule has 2 aromatic carbocycles. The van der Waals surface area contributed by atoms with Crippen LogP contribution in [-0.2, 0) is 13.0 Å². The molecule has 0 spiro atoms. The third-order valence-electron chi connectivity index (χ3n) is 3.79. The van der Waals surface area contributed by atoms with Gasteiger partial charge in [0.05, 0.1) is 11.1 Å². The molecule has 2 aromatic rings. The molecule has 1 atom stereocenters. The van der Waals surface area contributed by atoms with Crippen molar-refractivity contribution in [2.24, 2.45) is 0 Å². The van der Waals surface area contributed by atoms with Crippen molar-refractivity contribution in [1.29, 1.82) is 0 Å². The van der Waals surface area contributed by atoms with Crippen LogP contribution in [-0.4, -0.2) is 5.11 Å². The molecule has 1 aliphatic rings. The summed E-state index contributed by atoms with van der Waals surface area (Å²) in [5.74, 6) is 0.296. The molecule has 1 N–H and O–H groups in total. The Morgan fingerprint density at radius 2 is 2.10 bits per heavy atom. The molecule has 1 unspecified atom stereocenters. The number of rotatable bonds is 3. The zero-order chi connectivity index (χ0) is 14.8. The van der Waals surface area contributed by atoms with Gasteiger partial charge in [-0.05, 0) is 60.2 Å². The fourth-order valence-electron chi connectivity index (χ4n) is 2.65. The Hall–Kier alpha value is -1.58. The van der Waals surface area contributed by atoms with Crippen LogP contribution in [0.2, 0.25) is 5.02 Å². The molecule has 0 radical (unpaired) electrons. The molecule has 0 saturated heterocycles. The van der Waals surface area contributed by atoms with Crippen LogP contribution in [0.4, 0.5) is 4.39 Å². The standard InChI is InChI=1S/C17H16ClFO2/c18-15-7-4-11(8-16(15)19)10-21-13-5-6-14-12(9-13)2-1-3-17(14)20/h4-9,17,20H,1-3,10H2. The smallest absolute Gasteiger partial charge is 0.142 e. The third-order valence-corrected chi connectivity index (χ3v) is 4.09. The average Bonchev–Trinajstić information content (AvgIpc) is 2.49. The lowest BCUT2D eigenvalue weighted by atomic mass is 9.89. The van der Waals surface area contributed by atoms with Crippen LogP contribution in [0.5, 0.6) is 5.75 Å². The molecule has 0 bridgehead atoms. The van der Waals surface area contributed by atoms with Crippen molar-refractivity contribution in [3.05, 3.63) is 63.9 Å². The van der Waals surface area contributed by atoms with Crippen LogP contribution in [0.3, 0.4) is 0 Å². The minimum absolute atomic E-state index is 0.113. The van der Waals surface area contributed by atoms with E-state index in [1.165, 1.54) is 12.1 Å². The summed E-state index contributed by atoms with van der Waals surface area (Å²) in [6.45, 7) is 0.287. The maximum absolute atomic E-state index is 13.4. The lowest BCUT2D eigenvalue weighted by Crippen LogP contribution is -2.09. The normalized spacial score (nSPS) is 17.4. The molecule has 0 saturated carbocycles. The number of aryl methyl sites for hydroxylation is 1. The molecule has 0 heterocycles. The Morgan fingerprint density at radius 3 is 2.90 bits per heavy atom. The number of aliphatic hydroxyl groups excluding tert-OH is 1. The second kappa shape index (κ2) is 6.04. The zero-order valence-corrected chi connectivity index (χ0v) is 12.2. The Labute approximate surface area is 128 Å². The highest BCUT2D eigenvalue weighted by molar-refractivity contribution is 6.30. The number of aliphatic hydroxyl groups is 1. The monoisotopic (exact) mass is 306 g/mol. The lowest BCUT2D eigenvalue weighted by Gasteiger charge is -2.21. The summed E-state index contributed by atoms with van der Waals surface area (Å²) in [5.41, 5.74) is 2.86. The molecule has 21 heavy (non-hydrogen) atoms. The van der Waals surface area contributed by atoms with Gasteiger partial charge in [0.15, 0.2) is 0 Å². The fourth-order valence-corrected chi connectivity index (χ4v) is 2.77. The first kappa shape index (κ1) is 14.4. The highest BCUT2D eigenvalue weighted by Crippen LogP contribution is 2.32. The van der Waals surface area contributed by atoms with E-state index in [1.54, 1.807) is 6.07 Å². The molecule has 0 aliphatic heterocycles. The van der Waals surface area contributed by atoms with Crippen molar-refractivity contribution >= 4 is 11.6 Å². The summed E-state index contributed by atoms with van der Waals surface area (Å²) < 4.78 is 19.1. The fraction of sp³-hybridized carbons (Fsp3) is 0.294. The van der Waals surface area contributed by atoms with Gasteiger partial charge in [0, 0.05) is 0 Å². The molecular formula is C17H16ClFO2. The van der Waals surface area contributed by atoms with Gasteiger partial charge in [-0.3, -0.25) is 0 Å². The molecule has 1 aliphatic carbocycles. The molecule has 4 heteroatoms. The number of hydrogen-bond donors (Lipinski definition) is 1. The minimum Gasteiger partial charge on any atom is -0.489 e. The van der Waals surface area contributed by atoms with Crippen molar-refractivity contribution < 1.29 is 14.2 Å². The minimum atomic E-state index is -0.439. The van der Waals surface area contributed by atoms with Crippen LogP contribution in [0.15, 0.2) is 36.4 Å². The van der Waals surface area contributed by atoms with Gasteiger partial charge >= 0.3 is 0 Å². The van der Waals surface area contributed by atoms with E-state index in [1.807, 2.05) is 18.2 Å². The molecule has 3 rings (SSSR count). The second-order valence-electron chi connectivity index (χ2n) is 5.31. The van der Waals surface area contributed by atoms with E-state index < -0.39 is 5.82 Å². The maximum Gasteiger partial charge on any atom is 0.142 e. The van der Waals surface area contributed by atoms with E-state index in [-0.39, 0.29) is 17.7 Å². The van der Waals surface area contributed by atoms with Crippen molar-refractivity contribution in [1.82, 2.24) is 0 Å². The van der Waals surface area contributed by atoms with Crippen LogP contribution < -0.4 is 4.74 Å². The molecule has 2 nitrogen and oxygen atoms in total. The van der Waals surface area contributed by atoms with Gasteiger partial charge in [-0.2, -0.15) is 0 Å². The third kappa shape index (κ3) is 3.20. The Bertz CT molecular complexity index is 657. The van der Waals surface area contributed by atoms with Crippen LogP contribution in [0.25, 0.3) is 0 Å². The highest BCUT2D eigenvalue weighted by atomic mass is 35.5. The topological polar surface area (TPSA) is 29.5 Å². The Kier molecular flexibility index (Phi) is 4.13. The Balaban J connectivity index is 1.72. The van der Waals surface area contributed by atoms with E-state index in [0.717, 1.165) is 41.7 Å². The lowest BCUT2D eigenvalue weighted by molar-refractivity contribution is 0.156. The van der Waals surface area contributed by atoms with E-state index in [4.69, 9.17) is 16.3 Å². The summed E-state index contributed by atoms with van der Waals surface area (Å²) >= 11 is 5.65. The second-order valence-corrected chi connectivity index (χ2v) is 5.71. The van der Waals surface area contributed by atoms with E-state index >= 15 is 0 Å². The maximum atomic E-state index is 13.4. The first-order chi connectivity index (χ1) is 10.1. The van der Waals surface area contributed by atoms with Crippen molar-refractivity contribution in [3.63, 3.8) is 0 Å². The quantitative estimate of drug-likeness (QED) is 0.909. The summed E-state index contributed by atoms with van der Waals surface area (Å²) in [6.07, 6.45) is 2.39. The van der Waals surface area contributed by atoms with Crippen molar-refractivity contribution in [2.45, 2.75) is 32.0 Å². The van der Waals surface area contributed by atoms with Gasteiger partial charge in [-0.25, -0.2) is 4.39 Å². The highest BCUT2D eigenvalue weighted by Gasteiger charge is 2.18. The molecular weight excluding hydrogens is 291 g/mol. The van der Waals surface area contributed by atoms with Gasteiger partial charge in [-0.15, -0.1) is 0 Å².